The predicted molar refractivity (Wildman–Crippen MR) is 58.5 cm³/mol. The summed E-state index contributed by atoms with van der Waals surface area (Å²) < 4.78 is 0. The second-order valence-electron chi connectivity index (χ2n) is 4.06. The lowest BCUT2D eigenvalue weighted by molar-refractivity contribution is -0.144. The van der Waals surface area contributed by atoms with Gasteiger partial charge in [0.15, 0.2) is 11.1 Å². The first-order valence-electron chi connectivity index (χ1n) is 4.57. The second-order valence-corrected chi connectivity index (χ2v) is 4.06. The summed E-state index contributed by atoms with van der Waals surface area (Å²) >= 11 is 0. The first-order valence-corrected chi connectivity index (χ1v) is 4.57. The number of nitrogens with two attached hydrogens (primary N) is 1. The predicted octanol–water partition coefficient (Wildman–Crippen LogP) is 0.267. The molecule has 0 spiro atoms. The lowest BCUT2D eigenvalue weighted by Gasteiger charge is -2.16. The fourth-order valence-electron chi connectivity index (χ4n) is 0.336. The zero-order valence-corrected chi connectivity index (χ0v) is 10.2. The minimum absolute atomic E-state index is 0.250. The molecule has 0 aliphatic carbocycles. The van der Waals surface area contributed by atoms with E-state index in [1.54, 1.807) is 0 Å². The van der Waals surface area contributed by atoms with Gasteiger partial charge in [0.05, 0.1) is 0 Å². The van der Waals surface area contributed by atoms with Gasteiger partial charge in [-0.2, -0.15) is 10.2 Å². The smallest absolute Gasteiger partial charge is 0.332 e. The van der Waals surface area contributed by atoms with Crippen LogP contribution in [0.3, 0.4) is 0 Å². The third-order valence-electron chi connectivity index (χ3n) is 1.60. The second kappa shape index (κ2) is 6.56. The highest BCUT2D eigenvalue weighted by molar-refractivity contribution is 5.79. The van der Waals surface area contributed by atoms with E-state index in [2.05, 4.69) is 16.0 Å². The molecule has 17 heavy (non-hydrogen) atoms. The van der Waals surface area contributed by atoms with E-state index in [1.165, 1.54) is 27.7 Å². The lowest BCUT2D eigenvalue weighted by atomic mass is 10.1. The van der Waals surface area contributed by atoms with Gasteiger partial charge in [0.2, 0.25) is 6.41 Å². The van der Waals surface area contributed by atoms with Gasteiger partial charge in [-0.3, -0.25) is 4.79 Å². The summed E-state index contributed by atoms with van der Waals surface area (Å²) in [7, 11) is 0. The van der Waals surface area contributed by atoms with Crippen molar-refractivity contribution in [1.29, 1.82) is 0 Å². The fraction of sp³-hybridized carbons (Fsp3) is 0.667. The van der Waals surface area contributed by atoms with E-state index in [0.29, 0.717) is 0 Å². The average Bonchev–Trinajstić information content (AvgIpc) is 2.16. The van der Waals surface area contributed by atoms with Crippen LogP contribution in [0.5, 0.6) is 0 Å². The summed E-state index contributed by atoms with van der Waals surface area (Å²) in [4.78, 5) is 29.8. The number of rotatable bonds is 4. The molecule has 0 radical (unpaired) electrons. The van der Waals surface area contributed by atoms with E-state index in [0.717, 1.165) is 0 Å². The molecular weight excluding hydrogens is 230 g/mol. The average molecular weight is 247 g/mol. The van der Waals surface area contributed by atoms with Gasteiger partial charge in [-0.05, 0) is 27.7 Å². The largest absolute Gasteiger partial charge is 0.479 e. The van der Waals surface area contributed by atoms with E-state index < -0.39 is 23.0 Å². The summed E-state index contributed by atoms with van der Waals surface area (Å²) in [5.41, 5.74) is 1.37. The van der Waals surface area contributed by atoms with Gasteiger partial charge < -0.3 is 15.9 Å². The van der Waals surface area contributed by atoms with E-state index in [4.69, 9.17) is 15.0 Å². The van der Waals surface area contributed by atoms with Crippen LogP contribution in [-0.2, 0) is 14.4 Å². The topological polar surface area (TPSA) is 142 Å². The lowest BCUT2D eigenvalue weighted by Crippen LogP contribution is -2.32. The molecule has 0 bridgehead atoms. The highest BCUT2D eigenvalue weighted by Crippen LogP contribution is 2.15. The van der Waals surface area contributed by atoms with Crippen LogP contribution in [0.15, 0.2) is 10.2 Å². The number of carboxylic acid groups (broad SMARTS) is 2. The molecule has 0 atom stereocenters. The van der Waals surface area contributed by atoms with E-state index >= 15 is 0 Å². The third kappa shape index (κ3) is 6.98. The molecule has 0 fully saturated rings. The summed E-state index contributed by atoms with van der Waals surface area (Å²) in [5.74, 6) is -2.30. The molecule has 0 saturated heterocycles. The van der Waals surface area contributed by atoms with Crippen LogP contribution in [0, 0.1) is 0 Å². The molecule has 0 aromatic heterocycles. The maximum atomic E-state index is 10.6. The molecule has 0 aromatic rings. The SMILES string of the molecule is CC(C)(N=NC(C)(C)C(=O)O)C(=O)O.NC=O. The Morgan fingerprint density at radius 2 is 1.18 bits per heavy atom. The number of carboxylic acids is 2. The first-order chi connectivity index (χ1) is 7.51. The Hall–Kier alpha value is -1.99. The van der Waals surface area contributed by atoms with Crippen molar-refractivity contribution in [1.82, 2.24) is 0 Å². The Morgan fingerprint density at radius 1 is 1.00 bits per heavy atom. The molecule has 4 N–H and O–H groups in total. The summed E-state index contributed by atoms with van der Waals surface area (Å²) in [6, 6.07) is 0. The number of nitrogens with zero attached hydrogens (tertiary/aromatic N) is 2. The van der Waals surface area contributed by atoms with E-state index in [1.807, 2.05) is 0 Å². The summed E-state index contributed by atoms with van der Waals surface area (Å²) in [6.45, 7) is 5.38. The zero-order valence-electron chi connectivity index (χ0n) is 10.2. The minimum atomic E-state index is -1.40. The van der Waals surface area contributed by atoms with Gasteiger partial charge in [0.25, 0.3) is 0 Å². The van der Waals surface area contributed by atoms with Gasteiger partial charge in [0.1, 0.15) is 0 Å². The molecule has 0 heterocycles. The van der Waals surface area contributed by atoms with Crippen molar-refractivity contribution in [3.63, 3.8) is 0 Å². The number of primary amides is 1. The maximum absolute atomic E-state index is 10.6. The van der Waals surface area contributed by atoms with Crippen molar-refractivity contribution >= 4 is 18.3 Å². The number of carbonyl (C=O) groups is 3. The highest BCUT2D eigenvalue weighted by Gasteiger charge is 2.31. The molecule has 0 aliphatic heterocycles. The zero-order chi connectivity index (χ0) is 14.3. The molecular formula is C9H17N3O5. The molecule has 0 rings (SSSR count). The molecule has 8 nitrogen and oxygen atoms in total. The number of carbonyl (C=O) groups excluding carboxylic acids is 1. The Balaban J connectivity index is 0. The first kappa shape index (κ1) is 17.4. The van der Waals surface area contributed by atoms with E-state index in [9.17, 15) is 9.59 Å². The summed E-state index contributed by atoms with van der Waals surface area (Å²) in [6.07, 6.45) is 0.250. The monoisotopic (exact) mass is 247 g/mol. The minimum Gasteiger partial charge on any atom is -0.479 e. The van der Waals surface area contributed by atoms with Crippen molar-refractivity contribution in [2.24, 2.45) is 16.0 Å². The van der Waals surface area contributed by atoms with Crippen LogP contribution in [0.1, 0.15) is 27.7 Å². The van der Waals surface area contributed by atoms with Gasteiger partial charge in [-0.15, -0.1) is 0 Å². The molecule has 0 aliphatic rings. The van der Waals surface area contributed by atoms with Crippen molar-refractivity contribution in [2.45, 2.75) is 38.8 Å². The van der Waals surface area contributed by atoms with Crippen molar-refractivity contribution < 1.29 is 24.6 Å². The van der Waals surface area contributed by atoms with Crippen LogP contribution in [0.2, 0.25) is 0 Å². The Morgan fingerprint density at radius 3 is 1.29 bits per heavy atom. The van der Waals surface area contributed by atoms with Crippen molar-refractivity contribution in [2.75, 3.05) is 0 Å². The van der Waals surface area contributed by atoms with Gasteiger partial charge in [-0.25, -0.2) is 9.59 Å². The van der Waals surface area contributed by atoms with Crippen LogP contribution < -0.4 is 5.73 Å². The van der Waals surface area contributed by atoms with Gasteiger partial charge >= 0.3 is 11.9 Å². The van der Waals surface area contributed by atoms with Gasteiger partial charge in [-0.1, -0.05) is 0 Å². The molecule has 8 heteroatoms. The maximum Gasteiger partial charge on any atom is 0.332 e. The Kier molecular flexibility index (Phi) is 6.72. The van der Waals surface area contributed by atoms with Crippen molar-refractivity contribution in [3.05, 3.63) is 0 Å². The number of hydrogen-bond acceptors (Lipinski definition) is 5. The van der Waals surface area contributed by atoms with Gasteiger partial charge in [0, 0.05) is 0 Å². The number of aliphatic carboxylic acids is 2. The summed E-state index contributed by atoms with van der Waals surface area (Å²) in [5, 5.41) is 24.3. The Labute approximate surface area is 98.5 Å². The number of amides is 1. The quantitative estimate of drug-likeness (QED) is 0.482. The van der Waals surface area contributed by atoms with Crippen LogP contribution in [-0.4, -0.2) is 39.6 Å². The number of hydrogen-bond donors (Lipinski definition) is 3. The molecule has 0 saturated carbocycles. The molecule has 98 valence electrons. The fourth-order valence-corrected chi connectivity index (χ4v) is 0.336. The third-order valence-corrected chi connectivity index (χ3v) is 1.60. The normalized spacial score (nSPS) is 11.5. The Bertz CT molecular complexity index is 295. The van der Waals surface area contributed by atoms with E-state index in [-0.39, 0.29) is 6.41 Å². The molecule has 1 amide bonds. The standard InChI is InChI=1S/C8H14N2O4.CH3NO/c1-7(2,5(11)12)9-10-8(3,4)6(13)14;2-1-3/h1-4H3,(H,11,12)(H,13,14);1H,(H2,2,3). The van der Waals surface area contributed by atoms with Crippen LogP contribution in [0.4, 0.5) is 0 Å². The van der Waals surface area contributed by atoms with Crippen LogP contribution >= 0.6 is 0 Å². The molecule has 0 aromatic carbocycles. The van der Waals surface area contributed by atoms with Crippen molar-refractivity contribution in [3.8, 4) is 0 Å². The molecule has 0 unspecified atom stereocenters. The highest BCUT2D eigenvalue weighted by atomic mass is 16.4. The number of azo groups is 1. The van der Waals surface area contributed by atoms with Crippen LogP contribution in [0.25, 0.3) is 0 Å².